The first-order valence-corrected chi connectivity index (χ1v) is 5.28. The number of benzene rings is 1. The molecule has 0 saturated heterocycles. The van der Waals surface area contributed by atoms with Crippen molar-refractivity contribution in [3.8, 4) is 0 Å². The lowest BCUT2D eigenvalue weighted by molar-refractivity contribution is 0.414. The molecule has 1 aliphatic rings. The van der Waals surface area contributed by atoms with Crippen LogP contribution in [0, 0.1) is 0 Å². The van der Waals surface area contributed by atoms with Gasteiger partial charge in [-0.25, -0.2) is 0 Å². The Morgan fingerprint density at radius 1 is 1.33 bits per heavy atom. The van der Waals surface area contributed by atoms with Crippen LogP contribution < -0.4 is 0 Å². The summed E-state index contributed by atoms with van der Waals surface area (Å²) >= 11 is 0. The molecule has 0 unspecified atom stereocenters. The number of likely N-dealkylation sites (N-methyl/N-ethyl adjacent to an activating group) is 1. The molecule has 0 amide bonds. The first-order chi connectivity index (χ1) is 7.27. The normalized spacial score (nSPS) is 15.3. The van der Waals surface area contributed by atoms with Gasteiger partial charge in [0.15, 0.2) is 5.96 Å². The van der Waals surface area contributed by atoms with Crippen LogP contribution in [-0.4, -0.2) is 42.9 Å². The van der Waals surface area contributed by atoms with E-state index in [0.717, 1.165) is 25.6 Å². The second-order valence-corrected chi connectivity index (χ2v) is 3.94. The van der Waals surface area contributed by atoms with Crippen molar-refractivity contribution in [3.05, 3.63) is 35.9 Å². The van der Waals surface area contributed by atoms with Gasteiger partial charge in [0.1, 0.15) is 0 Å². The maximum absolute atomic E-state index is 4.48. The average Bonchev–Trinajstić information content (AvgIpc) is 2.66. The zero-order valence-electron chi connectivity index (χ0n) is 9.35. The second-order valence-electron chi connectivity index (χ2n) is 3.94. The molecule has 3 nitrogen and oxygen atoms in total. The van der Waals surface area contributed by atoms with Crippen molar-refractivity contribution in [2.24, 2.45) is 4.99 Å². The minimum Gasteiger partial charge on any atom is -0.344 e. The smallest absolute Gasteiger partial charge is 0.196 e. The molecule has 0 saturated carbocycles. The molecule has 0 N–H and O–H groups in total. The van der Waals surface area contributed by atoms with E-state index in [2.05, 4.69) is 53.2 Å². The van der Waals surface area contributed by atoms with Gasteiger partial charge in [-0.1, -0.05) is 30.3 Å². The largest absolute Gasteiger partial charge is 0.344 e. The molecule has 0 radical (unpaired) electrons. The Kier molecular flexibility index (Phi) is 2.90. The van der Waals surface area contributed by atoms with Crippen molar-refractivity contribution in [2.45, 2.75) is 6.54 Å². The Balaban J connectivity index is 2.01. The highest BCUT2D eigenvalue weighted by Gasteiger charge is 2.16. The second kappa shape index (κ2) is 4.34. The molecule has 80 valence electrons. The molecule has 0 fully saturated rings. The number of rotatable bonds is 2. The van der Waals surface area contributed by atoms with Crippen LogP contribution in [0.5, 0.6) is 0 Å². The number of hydrogen-bond acceptors (Lipinski definition) is 3. The number of aliphatic imine (C=N–C) groups is 1. The molecule has 1 aromatic carbocycles. The summed E-state index contributed by atoms with van der Waals surface area (Å²) in [7, 11) is 4.18. The molecule has 2 rings (SSSR count). The molecule has 3 heteroatoms. The summed E-state index contributed by atoms with van der Waals surface area (Å²) in [6.07, 6.45) is 0. The van der Waals surface area contributed by atoms with Crippen LogP contribution in [0.1, 0.15) is 5.56 Å². The molecule has 0 aliphatic carbocycles. The molecule has 1 aromatic rings. The van der Waals surface area contributed by atoms with E-state index in [1.165, 1.54) is 5.56 Å². The highest BCUT2D eigenvalue weighted by Crippen LogP contribution is 2.07. The van der Waals surface area contributed by atoms with Gasteiger partial charge in [0, 0.05) is 27.2 Å². The van der Waals surface area contributed by atoms with Gasteiger partial charge in [-0.2, -0.15) is 0 Å². The van der Waals surface area contributed by atoms with Crippen molar-refractivity contribution in [1.29, 1.82) is 0 Å². The Morgan fingerprint density at radius 2 is 2.07 bits per heavy atom. The van der Waals surface area contributed by atoms with Crippen LogP contribution in [0.15, 0.2) is 35.3 Å². The van der Waals surface area contributed by atoms with Crippen LogP contribution >= 0.6 is 0 Å². The predicted octanol–water partition coefficient (Wildman–Crippen LogP) is 1.42. The summed E-state index contributed by atoms with van der Waals surface area (Å²) in [4.78, 5) is 8.88. The van der Waals surface area contributed by atoms with Gasteiger partial charge in [-0.05, 0) is 5.56 Å². The summed E-state index contributed by atoms with van der Waals surface area (Å²) < 4.78 is 0. The fraction of sp³-hybridized carbons (Fsp3) is 0.417. The van der Waals surface area contributed by atoms with E-state index in [0.29, 0.717) is 0 Å². The molecule has 15 heavy (non-hydrogen) atoms. The van der Waals surface area contributed by atoms with E-state index < -0.39 is 0 Å². The average molecular weight is 203 g/mol. The zero-order valence-corrected chi connectivity index (χ0v) is 9.35. The summed E-state index contributed by atoms with van der Waals surface area (Å²) in [5.74, 6) is 1.10. The van der Waals surface area contributed by atoms with Crippen molar-refractivity contribution < 1.29 is 0 Å². The standard InChI is InChI=1S/C12H17N3/c1-14-9-8-13-12(14)15(2)10-11-6-4-3-5-7-11/h3-7H,8-10H2,1-2H3. The quantitative estimate of drug-likeness (QED) is 0.724. The number of guanidine groups is 1. The Hall–Kier alpha value is -1.51. The molecule has 1 heterocycles. The van der Waals surface area contributed by atoms with Crippen molar-refractivity contribution in [2.75, 3.05) is 27.2 Å². The molecule has 1 aliphatic heterocycles. The van der Waals surface area contributed by atoms with Crippen LogP contribution in [0.2, 0.25) is 0 Å². The minimum atomic E-state index is 0.921. The minimum absolute atomic E-state index is 0.921. The first kappa shape index (κ1) is 10.0. The summed E-state index contributed by atoms with van der Waals surface area (Å²) in [6, 6.07) is 10.5. The van der Waals surface area contributed by atoms with Gasteiger partial charge in [-0.3, -0.25) is 4.99 Å². The lowest BCUT2D eigenvalue weighted by Crippen LogP contribution is -2.36. The SMILES string of the molecule is CN1CCN=C1N(C)Cc1ccccc1. The van der Waals surface area contributed by atoms with Gasteiger partial charge in [0.2, 0.25) is 0 Å². The third-order valence-electron chi connectivity index (χ3n) is 2.63. The van der Waals surface area contributed by atoms with Gasteiger partial charge in [-0.15, -0.1) is 0 Å². The van der Waals surface area contributed by atoms with Crippen LogP contribution in [0.25, 0.3) is 0 Å². The van der Waals surface area contributed by atoms with Crippen molar-refractivity contribution >= 4 is 5.96 Å². The van der Waals surface area contributed by atoms with E-state index in [4.69, 9.17) is 0 Å². The Morgan fingerprint density at radius 3 is 2.67 bits per heavy atom. The predicted molar refractivity (Wildman–Crippen MR) is 62.8 cm³/mol. The first-order valence-electron chi connectivity index (χ1n) is 5.28. The highest BCUT2D eigenvalue weighted by atomic mass is 15.4. The number of nitrogens with zero attached hydrogens (tertiary/aromatic N) is 3. The summed E-state index contributed by atoms with van der Waals surface area (Å²) in [5.41, 5.74) is 1.32. The molecule has 0 atom stereocenters. The van der Waals surface area contributed by atoms with Crippen LogP contribution in [0.3, 0.4) is 0 Å². The molecular formula is C12H17N3. The summed E-state index contributed by atoms with van der Waals surface area (Å²) in [6.45, 7) is 2.88. The molecule has 0 spiro atoms. The number of hydrogen-bond donors (Lipinski definition) is 0. The summed E-state index contributed by atoms with van der Waals surface area (Å²) in [5, 5.41) is 0. The highest BCUT2D eigenvalue weighted by molar-refractivity contribution is 5.81. The Bertz CT molecular complexity index is 345. The van der Waals surface area contributed by atoms with Crippen LogP contribution in [0.4, 0.5) is 0 Å². The van der Waals surface area contributed by atoms with E-state index in [-0.39, 0.29) is 0 Å². The Labute approximate surface area is 91.0 Å². The zero-order chi connectivity index (χ0) is 10.7. The van der Waals surface area contributed by atoms with Crippen molar-refractivity contribution in [3.63, 3.8) is 0 Å². The lowest BCUT2D eigenvalue weighted by Gasteiger charge is -2.24. The molecule has 0 bridgehead atoms. The van der Waals surface area contributed by atoms with E-state index in [1.807, 2.05) is 6.07 Å². The maximum atomic E-state index is 4.48. The topological polar surface area (TPSA) is 18.8 Å². The van der Waals surface area contributed by atoms with Gasteiger partial charge >= 0.3 is 0 Å². The fourth-order valence-electron chi connectivity index (χ4n) is 1.86. The van der Waals surface area contributed by atoms with E-state index in [9.17, 15) is 0 Å². The molecular weight excluding hydrogens is 186 g/mol. The van der Waals surface area contributed by atoms with E-state index in [1.54, 1.807) is 0 Å². The van der Waals surface area contributed by atoms with Gasteiger partial charge < -0.3 is 9.80 Å². The third kappa shape index (κ3) is 2.29. The van der Waals surface area contributed by atoms with Crippen molar-refractivity contribution in [1.82, 2.24) is 9.80 Å². The monoisotopic (exact) mass is 203 g/mol. The van der Waals surface area contributed by atoms with Gasteiger partial charge in [0.25, 0.3) is 0 Å². The maximum Gasteiger partial charge on any atom is 0.196 e. The van der Waals surface area contributed by atoms with Gasteiger partial charge in [0.05, 0.1) is 6.54 Å². The van der Waals surface area contributed by atoms with E-state index >= 15 is 0 Å². The third-order valence-corrected chi connectivity index (χ3v) is 2.63. The van der Waals surface area contributed by atoms with Crippen LogP contribution in [-0.2, 0) is 6.54 Å². The molecule has 0 aromatic heterocycles. The fourth-order valence-corrected chi connectivity index (χ4v) is 1.86. The lowest BCUT2D eigenvalue weighted by atomic mass is 10.2.